The maximum Gasteiger partial charge on any atom is 0.345 e. The number of fused-ring (bicyclic) bond motifs is 1. The number of hydrogen-bond acceptors (Lipinski definition) is 4. The van der Waals surface area contributed by atoms with Crippen LogP contribution in [0.1, 0.15) is 5.69 Å². The molecule has 0 aliphatic heterocycles. The van der Waals surface area contributed by atoms with Crippen molar-refractivity contribution in [3.63, 3.8) is 0 Å². The van der Waals surface area contributed by atoms with Crippen LogP contribution in [0, 0.1) is 0 Å². The summed E-state index contributed by atoms with van der Waals surface area (Å²) in [6.07, 6.45) is 0. The maximum atomic E-state index is 11.1. The van der Waals surface area contributed by atoms with Crippen LogP contribution in [-0.2, 0) is 6.54 Å². The number of benzene rings is 1. The first kappa shape index (κ1) is 8.71. The Morgan fingerprint density at radius 2 is 2.29 bits per heavy atom. The van der Waals surface area contributed by atoms with Crippen LogP contribution in [0.4, 0.5) is 0 Å². The summed E-state index contributed by atoms with van der Waals surface area (Å²) in [6, 6.07) is 4.59. The number of aromatic nitrogens is 2. The Labute approximate surface area is 79.2 Å². The molecule has 4 N–H and O–H groups in total. The number of aromatic hydroxyl groups is 1. The zero-order chi connectivity index (χ0) is 10.1. The fourth-order valence-corrected chi connectivity index (χ4v) is 1.36. The van der Waals surface area contributed by atoms with Crippen LogP contribution in [-0.4, -0.2) is 15.1 Å². The van der Waals surface area contributed by atoms with Crippen molar-refractivity contribution < 1.29 is 5.11 Å². The zero-order valence-electron chi connectivity index (χ0n) is 7.32. The molecule has 0 aliphatic carbocycles. The van der Waals surface area contributed by atoms with E-state index in [2.05, 4.69) is 9.97 Å². The van der Waals surface area contributed by atoms with Gasteiger partial charge in [0, 0.05) is 17.6 Å². The van der Waals surface area contributed by atoms with E-state index in [1.807, 2.05) is 0 Å². The lowest BCUT2D eigenvalue weighted by atomic mass is 10.2. The number of hydrogen-bond donors (Lipinski definition) is 3. The van der Waals surface area contributed by atoms with Gasteiger partial charge in [0.05, 0.1) is 5.52 Å². The van der Waals surface area contributed by atoms with Gasteiger partial charge in [-0.3, -0.25) is 0 Å². The first-order chi connectivity index (χ1) is 6.70. The second-order valence-corrected chi connectivity index (χ2v) is 2.93. The quantitative estimate of drug-likeness (QED) is 0.595. The Kier molecular flexibility index (Phi) is 1.94. The lowest BCUT2D eigenvalue weighted by Gasteiger charge is -2.02. The molecule has 1 heterocycles. The molecule has 72 valence electrons. The summed E-state index contributed by atoms with van der Waals surface area (Å²) < 4.78 is 0. The Morgan fingerprint density at radius 3 is 3.00 bits per heavy atom. The number of nitrogens with one attached hydrogen (secondary N) is 1. The Morgan fingerprint density at radius 1 is 1.50 bits per heavy atom. The van der Waals surface area contributed by atoms with Crippen molar-refractivity contribution >= 4 is 10.9 Å². The average Bonchev–Trinajstić information content (AvgIpc) is 2.17. The Hall–Kier alpha value is -1.88. The lowest BCUT2D eigenvalue weighted by molar-refractivity contribution is 0.476. The van der Waals surface area contributed by atoms with Gasteiger partial charge in [0.1, 0.15) is 5.75 Å². The van der Waals surface area contributed by atoms with Crippen LogP contribution in [0.3, 0.4) is 0 Å². The van der Waals surface area contributed by atoms with E-state index in [9.17, 15) is 9.90 Å². The maximum absolute atomic E-state index is 11.1. The number of aromatic amines is 1. The summed E-state index contributed by atoms with van der Waals surface area (Å²) in [5.41, 5.74) is 6.14. The van der Waals surface area contributed by atoms with Crippen molar-refractivity contribution in [3.8, 4) is 5.75 Å². The van der Waals surface area contributed by atoms with Gasteiger partial charge >= 0.3 is 5.69 Å². The summed E-state index contributed by atoms with van der Waals surface area (Å²) >= 11 is 0. The van der Waals surface area contributed by atoms with Crippen LogP contribution in [0.25, 0.3) is 10.9 Å². The number of nitrogens with zero attached hydrogens (tertiary/aromatic N) is 1. The molecule has 0 bridgehead atoms. The fraction of sp³-hybridized carbons (Fsp3) is 0.111. The highest BCUT2D eigenvalue weighted by atomic mass is 16.3. The SMILES string of the molecule is NCc1[nH]c(=O)nc2ccc(O)cc12. The van der Waals surface area contributed by atoms with E-state index in [0.717, 1.165) is 0 Å². The zero-order valence-corrected chi connectivity index (χ0v) is 7.32. The number of rotatable bonds is 1. The molecule has 0 radical (unpaired) electrons. The van der Waals surface area contributed by atoms with Crippen LogP contribution in [0.2, 0.25) is 0 Å². The van der Waals surface area contributed by atoms with Gasteiger partial charge in [-0.05, 0) is 18.2 Å². The predicted octanol–water partition coefficient (Wildman–Crippen LogP) is 0.0874. The Balaban J connectivity index is 2.88. The molecule has 0 aliphatic rings. The fourth-order valence-electron chi connectivity index (χ4n) is 1.36. The molecule has 0 saturated carbocycles. The van der Waals surface area contributed by atoms with E-state index in [4.69, 9.17) is 5.73 Å². The molecule has 0 unspecified atom stereocenters. The van der Waals surface area contributed by atoms with Gasteiger partial charge in [0.25, 0.3) is 0 Å². The smallest absolute Gasteiger partial charge is 0.345 e. The number of phenols is 1. The molecule has 1 aromatic heterocycles. The minimum Gasteiger partial charge on any atom is -0.508 e. The van der Waals surface area contributed by atoms with E-state index < -0.39 is 5.69 Å². The summed E-state index contributed by atoms with van der Waals surface area (Å²) in [5, 5.41) is 9.93. The number of phenolic OH excluding ortho intramolecular Hbond substituents is 1. The van der Waals surface area contributed by atoms with Gasteiger partial charge < -0.3 is 15.8 Å². The summed E-state index contributed by atoms with van der Waals surface area (Å²) in [6.45, 7) is 0.206. The molecule has 5 nitrogen and oxygen atoms in total. The van der Waals surface area contributed by atoms with E-state index in [0.29, 0.717) is 16.6 Å². The van der Waals surface area contributed by atoms with Crippen LogP contribution in [0.5, 0.6) is 5.75 Å². The van der Waals surface area contributed by atoms with E-state index in [-0.39, 0.29) is 12.3 Å². The molecule has 1 aromatic carbocycles. The van der Waals surface area contributed by atoms with Gasteiger partial charge in [-0.15, -0.1) is 0 Å². The molecule has 2 aromatic rings. The average molecular weight is 191 g/mol. The van der Waals surface area contributed by atoms with Crippen molar-refractivity contribution in [1.82, 2.24) is 9.97 Å². The van der Waals surface area contributed by atoms with Crippen molar-refractivity contribution in [1.29, 1.82) is 0 Å². The summed E-state index contributed by atoms with van der Waals surface area (Å²) in [4.78, 5) is 17.3. The molecule has 0 fully saturated rings. The molecular weight excluding hydrogens is 182 g/mol. The molecular formula is C9H9N3O2. The van der Waals surface area contributed by atoms with Gasteiger partial charge in [-0.1, -0.05) is 0 Å². The minimum absolute atomic E-state index is 0.126. The second kappa shape index (κ2) is 3.12. The molecule has 0 atom stereocenters. The molecule has 0 saturated heterocycles. The normalized spacial score (nSPS) is 10.6. The van der Waals surface area contributed by atoms with E-state index >= 15 is 0 Å². The predicted molar refractivity (Wildman–Crippen MR) is 51.9 cm³/mol. The number of H-pyrrole nitrogens is 1. The molecule has 14 heavy (non-hydrogen) atoms. The van der Waals surface area contributed by atoms with Gasteiger partial charge in [0.15, 0.2) is 0 Å². The van der Waals surface area contributed by atoms with Crippen molar-refractivity contribution in [2.75, 3.05) is 0 Å². The molecule has 5 heteroatoms. The largest absolute Gasteiger partial charge is 0.508 e. The van der Waals surface area contributed by atoms with Gasteiger partial charge in [-0.2, -0.15) is 4.98 Å². The first-order valence-electron chi connectivity index (χ1n) is 4.12. The van der Waals surface area contributed by atoms with Gasteiger partial charge in [0.2, 0.25) is 0 Å². The molecule has 0 amide bonds. The topological polar surface area (TPSA) is 92.0 Å². The van der Waals surface area contributed by atoms with Crippen LogP contribution >= 0.6 is 0 Å². The summed E-state index contributed by atoms with van der Waals surface area (Å²) in [7, 11) is 0. The van der Waals surface area contributed by atoms with Crippen molar-refractivity contribution in [3.05, 3.63) is 34.4 Å². The minimum atomic E-state index is -0.427. The molecule has 0 spiro atoms. The van der Waals surface area contributed by atoms with E-state index in [1.54, 1.807) is 6.07 Å². The third-order valence-corrected chi connectivity index (χ3v) is 1.99. The van der Waals surface area contributed by atoms with Gasteiger partial charge in [-0.25, -0.2) is 4.79 Å². The third-order valence-electron chi connectivity index (χ3n) is 1.99. The number of nitrogens with two attached hydrogens (primary N) is 1. The van der Waals surface area contributed by atoms with Crippen LogP contribution < -0.4 is 11.4 Å². The van der Waals surface area contributed by atoms with Crippen molar-refractivity contribution in [2.24, 2.45) is 5.73 Å². The first-order valence-corrected chi connectivity index (χ1v) is 4.12. The third kappa shape index (κ3) is 1.33. The highest BCUT2D eigenvalue weighted by Crippen LogP contribution is 2.18. The Bertz CT molecular complexity index is 533. The summed E-state index contributed by atoms with van der Waals surface area (Å²) in [5.74, 6) is 0.126. The standard InChI is InChI=1S/C9H9N3O2/c10-4-8-6-3-5(13)1-2-7(6)11-9(14)12-8/h1-3,13H,4,10H2,(H,11,12,14). The van der Waals surface area contributed by atoms with Crippen LogP contribution in [0.15, 0.2) is 23.0 Å². The monoisotopic (exact) mass is 191 g/mol. The molecule has 2 rings (SSSR count). The lowest BCUT2D eigenvalue weighted by Crippen LogP contribution is -2.15. The second-order valence-electron chi connectivity index (χ2n) is 2.93. The van der Waals surface area contributed by atoms with Crippen molar-refractivity contribution in [2.45, 2.75) is 6.54 Å². The highest BCUT2D eigenvalue weighted by molar-refractivity contribution is 5.81. The highest BCUT2D eigenvalue weighted by Gasteiger charge is 2.03. The van der Waals surface area contributed by atoms with E-state index in [1.165, 1.54) is 12.1 Å².